The lowest BCUT2D eigenvalue weighted by Crippen LogP contribution is -2.36. The van der Waals surface area contributed by atoms with Gasteiger partial charge < -0.3 is 10.6 Å². The van der Waals surface area contributed by atoms with Crippen LogP contribution < -0.4 is 10.6 Å². The van der Waals surface area contributed by atoms with Crippen molar-refractivity contribution in [2.45, 2.75) is 12.4 Å². The highest BCUT2D eigenvalue weighted by Crippen LogP contribution is 2.27. The molecular formula is C9H7F6N3O. The monoisotopic (exact) mass is 287 g/mol. The molecule has 0 atom stereocenters. The van der Waals surface area contributed by atoms with Crippen molar-refractivity contribution in [2.75, 3.05) is 11.9 Å². The summed E-state index contributed by atoms with van der Waals surface area (Å²) in [6.45, 7) is -1.55. The molecule has 0 saturated carbocycles. The number of carbonyl (C=O) groups excluding carboxylic acids is 1. The van der Waals surface area contributed by atoms with E-state index in [2.05, 4.69) is 4.98 Å². The molecule has 1 aromatic heterocycles. The molecule has 0 bridgehead atoms. The van der Waals surface area contributed by atoms with Crippen molar-refractivity contribution in [1.29, 1.82) is 0 Å². The summed E-state index contributed by atoms with van der Waals surface area (Å²) in [6.07, 6.45) is -8.51. The van der Waals surface area contributed by atoms with Gasteiger partial charge in [0.2, 0.25) is 0 Å². The van der Waals surface area contributed by atoms with Gasteiger partial charge in [-0.1, -0.05) is 0 Å². The maximum atomic E-state index is 12.1. The fraction of sp³-hybridized carbons (Fsp3) is 0.333. The number of alkyl halides is 6. The van der Waals surface area contributed by atoms with Crippen molar-refractivity contribution in [2.24, 2.45) is 0 Å². The van der Waals surface area contributed by atoms with Gasteiger partial charge in [-0.2, -0.15) is 26.3 Å². The second-order valence-electron chi connectivity index (χ2n) is 3.35. The van der Waals surface area contributed by atoms with Gasteiger partial charge in [0.15, 0.2) is 0 Å². The van der Waals surface area contributed by atoms with Crippen molar-refractivity contribution >= 4 is 11.7 Å². The average molecular weight is 287 g/mol. The van der Waals surface area contributed by atoms with Crippen molar-refractivity contribution in [1.82, 2.24) is 10.3 Å². The minimum Gasteiger partial charge on any atom is -0.329 e. The Morgan fingerprint density at radius 3 is 2.21 bits per heavy atom. The molecule has 19 heavy (non-hydrogen) atoms. The Morgan fingerprint density at radius 2 is 1.79 bits per heavy atom. The second-order valence-corrected chi connectivity index (χ2v) is 3.35. The summed E-state index contributed by atoms with van der Waals surface area (Å²) in [6, 6.07) is 0.279. The van der Waals surface area contributed by atoms with E-state index < -0.39 is 30.6 Å². The summed E-state index contributed by atoms with van der Waals surface area (Å²) in [7, 11) is 0. The van der Waals surface area contributed by atoms with E-state index in [0.29, 0.717) is 12.3 Å². The molecule has 1 rings (SSSR count). The van der Waals surface area contributed by atoms with E-state index >= 15 is 0 Å². The molecule has 10 heteroatoms. The van der Waals surface area contributed by atoms with Crippen molar-refractivity contribution in [3.05, 3.63) is 24.0 Å². The molecule has 0 saturated heterocycles. The molecule has 0 radical (unpaired) electrons. The predicted molar refractivity (Wildman–Crippen MR) is 52.3 cm³/mol. The number of rotatable bonds is 2. The summed E-state index contributed by atoms with van der Waals surface area (Å²) in [5, 5.41) is 3.40. The van der Waals surface area contributed by atoms with Gasteiger partial charge in [-0.25, -0.2) is 9.78 Å². The zero-order valence-electron chi connectivity index (χ0n) is 9.06. The molecular weight excluding hydrogens is 280 g/mol. The van der Waals surface area contributed by atoms with Gasteiger partial charge in [0.1, 0.15) is 12.2 Å². The predicted octanol–water partition coefficient (Wildman–Crippen LogP) is 2.78. The van der Waals surface area contributed by atoms with E-state index in [0.717, 1.165) is 6.07 Å². The van der Waals surface area contributed by atoms with Gasteiger partial charge in [0.25, 0.3) is 0 Å². The van der Waals surface area contributed by atoms with Gasteiger partial charge in [0.05, 0.1) is 11.9 Å². The maximum absolute atomic E-state index is 12.1. The van der Waals surface area contributed by atoms with Crippen LogP contribution in [0, 0.1) is 0 Å². The fourth-order valence-electron chi connectivity index (χ4n) is 0.991. The van der Waals surface area contributed by atoms with Crippen LogP contribution in [0.1, 0.15) is 5.69 Å². The molecule has 1 aromatic rings. The number of nitrogens with zero attached hydrogens (tertiary/aromatic N) is 1. The zero-order valence-corrected chi connectivity index (χ0v) is 9.06. The van der Waals surface area contributed by atoms with Crippen LogP contribution >= 0.6 is 0 Å². The van der Waals surface area contributed by atoms with Crippen molar-refractivity contribution < 1.29 is 31.1 Å². The van der Waals surface area contributed by atoms with E-state index in [9.17, 15) is 31.1 Å². The average Bonchev–Trinajstić information content (AvgIpc) is 2.25. The number of pyridine rings is 1. The number of amides is 2. The Hall–Kier alpha value is -2.00. The standard InChI is InChI=1S/C9H7F6N3O/c10-8(11,12)4-17-7(19)18-5-1-2-6(16-3-5)9(13,14)15/h1-3H,4H2,(H2,17,18,19). The van der Waals surface area contributed by atoms with Crippen LogP contribution in [0.2, 0.25) is 0 Å². The van der Waals surface area contributed by atoms with E-state index in [-0.39, 0.29) is 5.69 Å². The first kappa shape index (κ1) is 15.1. The number of nitrogens with one attached hydrogen (secondary N) is 2. The van der Waals surface area contributed by atoms with Crippen LogP contribution in [0.5, 0.6) is 0 Å². The van der Waals surface area contributed by atoms with E-state index in [1.165, 1.54) is 5.32 Å². The third-order valence-corrected chi connectivity index (χ3v) is 1.76. The number of aromatic nitrogens is 1. The summed E-state index contributed by atoms with van der Waals surface area (Å²) in [5.41, 5.74) is -1.33. The molecule has 2 N–H and O–H groups in total. The topological polar surface area (TPSA) is 54.0 Å². The number of hydrogen-bond donors (Lipinski definition) is 2. The highest BCUT2D eigenvalue weighted by atomic mass is 19.4. The van der Waals surface area contributed by atoms with Crippen molar-refractivity contribution in [3.8, 4) is 0 Å². The summed E-state index contributed by atoms with van der Waals surface area (Å²) in [5.74, 6) is 0. The Balaban J connectivity index is 2.56. The number of hydrogen-bond acceptors (Lipinski definition) is 2. The maximum Gasteiger partial charge on any atom is 0.433 e. The Bertz CT molecular complexity index is 439. The van der Waals surface area contributed by atoms with Gasteiger partial charge in [-0.15, -0.1) is 0 Å². The normalized spacial score (nSPS) is 12.1. The number of urea groups is 1. The molecule has 0 aromatic carbocycles. The fourth-order valence-corrected chi connectivity index (χ4v) is 0.991. The summed E-state index contributed by atoms with van der Waals surface area (Å²) < 4.78 is 71.7. The highest BCUT2D eigenvalue weighted by Gasteiger charge is 2.32. The molecule has 0 aliphatic carbocycles. The van der Waals surface area contributed by atoms with Crippen LogP contribution in [-0.4, -0.2) is 23.7 Å². The second kappa shape index (κ2) is 5.33. The van der Waals surface area contributed by atoms with Gasteiger partial charge >= 0.3 is 18.4 Å². The molecule has 0 aliphatic rings. The number of carbonyl (C=O) groups is 1. The molecule has 2 amide bonds. The molecule has 106 valence electrons. The van der Waals surface area contributed by atoms with Crippen molar-refractivity contribution in [3.63, 3.8) is 0 Å². The molecule has 0 aliphatic heterocycles. The van der Waals surface area contributed by atoms with E-state index in [1.54, 1.807) is 0 Å². The lowest BCUT2D eigenvalue weighted by molar-refractivity contribution is -0.141. The molecule has 1 heterocycles. The SMILES string of the molecule is O=C(NCC(F)(F)F)Nc1ccc(C(F)(F)F)nc1. The number of anilines is 1. The Kier molecular flexibility index (Phi) is 4.22. The van der Waals surface area contributed by atoms with E-state index in [1.807, 2.05) is 5.32 Å². The molecule has 0 spiro atoms. The Morgan fingerprint density at radius 1 is 1.16 bits per heavy atom. The quantitative estimate of drug-likeness (QED) is 0.822. The smallest absolute Gasteiger partial charge is 0.329 e. The van der Waals surface area contributed by atoms with Gasteiger partial charge in [-0.3, -0.25) is 0 Å². The van der Waals surface area contributed by atoms with Crippen LogP contribution in [0.4, 0.5) is 36.8 Å². The highest BCUT2D eigenvalue weighted by molar-refractivity contribution is 5.88. The van der Waals surface area contributed by atoms with Gasteiger partial charge in [0, 0.05) is 0 Å². The summed E-state index contributed by atoms with van der Waals surface area (Å²) in [4.78, 5) is 14.0. The lowest BCUT2D eigenvalue weighted by atomic mass is 10.3. The Labute approximate surface area is 102 Å². The molecule has 4 nitrogen and oxygen atoms in total. The first-order chi connectivity index (χ1) is 8.58. The zero-order chi connectivity index (χ0) is 14.7. The molecule has 0 fully saturated rings. The number of halogens is 6. The van der Waals surface area contributed by atoms with Crippen LogP contribution in [0.3, 0.4) is 0 Å². The summed E-state index contributed by atoms with van der Waals surface area (Å²) >= 11 is 0. The third-order valence-electron chi connectivity index (χ3n) is 1.76. The minimum atomic E-state index is -4.63. The first-order valence-corrected chi connectivity index (χ1v) is 4.73. The lowest BCUT2D eigenvalue weighted by Gasteiger charge is -2.10. The molecule has 0 unspecified atom stereocenters. The van der Waals surface area contributed by atoms with Gasteiger partial charge in [-0.05, 0) is 12.1 Å². The van der Waals surface area contributed by atoms with Crippen LogP contribution in [0.15, 0.2) is 18.3 Å². The minimum absolute atomic E-state index is 0.160. The van der Waals surface area contributed by atoms with Crippen LogP contribution in [-0.2, 0) is 6.18 Å². The third kappa shape index (κ3) is 5.44. The largest absolute Gasteiger partial charge is 0.433 e. The first-order valence-electron chi connectivity index (χ1n) is 4.73. The van der Waals surface area contributed by atoms with E-state index in [4.69, 9.17) is 0 Å². The van der Waals surface area contributed by atoms with Crippen LogP contribution in [0.25, 0.3) is 0 Å².